The Balaban J connectivity index is 1.75. The van der Waals surface area contributed by atoms with Gasteiger partial charge in [0.25, 0.3) is 0 Å². The maximum Gasteiger partial charge on any atom is 0.180 e. The van der Waals surface area contributed by atoms with Crippen molar-refractivity contribution in [1.82, 2.24) is 0 Å². The molecule has 0 amide bonds. The lowest BCUT2D eigenvalue weighted by Crippen LogP contribution is -2.04. The molecule has 0 radical (unpaired) electrons. The van der Waals surface area contributed by atoms with Gasteiger partial charge in [-0.25, -0.2) is 4.39 Å². The molecule has 146 valence electrons. The molecule has 0 bridgehead atoms. The first-order chi connectivity index (χ1) is 13.6. The van der Waals surface area contributed by atoms with Crippen LogP contribution in [-0.2, 0) is 13.2 Å². The summed E-state index contributed by atoms with van der Waals surface area (Å²) in [5.74, 6) is 0.613. The van der Waals surface area contributed by atoms with Crippen molar-refractivity contribution in [2.45, 2.75) is 20.1 Å². The zero-order valence-corrected chi connectivity index (χ0v) is 16.9. The second-order valence-corrected chi connectivity index (χ2v) is 6.92. The third-order valence-corrected chi connectivity index (χ3v) is 4.57. The fourth-order valence-electron chi connectivity index (χ4n) is 2.66. The summed E-state index contributed by atoms with van der Waals surface area (Å²) in [5.41, 5.74) is 2.33. The van der Waals surface area contributed by atoms with Crippen LogP contribution in [0.5, 0.6) is 11.5 Å². The summed E-state index contributed by atoms with van der Waals surface area (Å²) in [4.78, 5) is 0. The van der Waals surface area contributed by atoms with Crippen molar-refractivity contribution in [3.8, 4) is 11.5 Å². The molecule has 0 saturated heterocycles. The molecule has 0 spiro atoms. The monoisotopic (exact) mass is 419 g/mol. The highest BCUT2D eigenvalue weighted by molar-refractivity contribution is 6.32. The first-order valence-electron chi connectivity index (χ1n) is 8.87. The van der Waals surface area contributed by atoms with Crippen LogP contribution in [0.1, 0.15) is 18.1 Å². The van der Waals surface area contributed by atoms with E-state index in [1.54, 1.807) is 18.2 Å². The Bertz CT molecular complexity index is 932. The second-order valence-electron chi connectivity index (χ2n) is 6.08. The van der Waals surface area contributed by atoms with Gasteiger partial charge in [0.1, 0.15) is 12.4 Å². The predicted molar refractivity (Wildman–Crippen MR) is 112 cm³/mol. The molecule has 3 nitrogen and oxygen atoms in total. The van der Waals surface area contributed by atoms with Gasteiger partial charge in [0, 0.05) is 22.8 Å². The fourth-order valence-corrected chi connectivity index (χ4v) is 3.08. The molecule has 1 N–H and O–H groups in total. The Labute approximate surface area is 174 Å². The van der Waals surface area contributed by atoms with Crippen molar-refractivity contribution in [3.05, 3.63) is 87.7 Å². The van der Waals surface area contributed by atoms with E-state index in [1.807, 2.05) is 43.3 Å². The molecule has 3 aromatic rings. The lowest BCUT2D eigenvalue weighted by atomic mass is 10.2. The number of benzene rings is 3. The molecule has 3 rings (SSSR count). The third-order valence-electron chi connectivity index (χ3n) is 4.04. The molecule has 0 unspecified atom stereocenters. The standard InChI is InChI=1S/C22H20Cl2FNO2/c1-2-27-21-12-15(13-26-18-9-7-17(23)8-10-18)11-19(24)22(21)28-14-16-5-3-4-6-20(16)25/h3-12,26H,2,13-14H2,1H3. The van der Waals surface area contributed by atoms with Crippen LogP contribution in [-0.4, -0.2) is 6.61 Å². The van der Waals surface area contributed by atoms with E-state index in [2.05, 4.69) is 5.32 Å². The van der Waals surface area contributed by atoms with Crippen LogP contribution < -0.4 is 14.8 Å². The van der Waals surface area contributed by atoms with Crippen LogP contribution in [0.2, 0.25) is 10.0 Å². The van der Waals surface area contributed by atoms with E-state index in [9.17, 15) is 4.39 Å². The third kappa shape index (κ3) is 5.31. The highest BCUT2D eigenvalue weighted by Gasteiger charge is 2.14. The van der Waals surface area contributed by atoms with Crippen molar-refractivity contribution < 1.29 is 13.9 Å². The van der Waals surface area contributed by atoms with Crippen LogP contribution in [0.15, 0.2) is 60.7 Å². The zero-order valence-electron chi connectivity index (χ0n) is 15.3. The molecule has 0 atom stereocenters. The summed E-state index contributed by atoms with van der Waals surface area (Å²) < 4.78 is 25.3. The molecule has 6 heteroatoms. The molecule has 0 fully saturated rings. The van der Waals surface area contributed by atoms with E-state index >= 15 is 0 Å². The van der Waals surface area contributed by atoms with Crippen molar-refractivity contribution in [2.75, 3.05) is 11.9 Å². The maximum atomic E-state index is 13.8. The summed E-state index contributed by atoms with van der Waals surface area (Å²) in [5, 5.41) is 4.40. The van der Waals surface area contributed by atoms with Gasteiger partial charge in [-0.2, -0.15) is 0 Å². The molecule has 0 aliphatic rings. The summed E-state index contributed by atoms with van der Waals surface area (Å²) in [6, 6.07) is 17.6. The van der Waals surface area contributed by atoms with Crippen molar-refractivity contribution in [3.63, 3.8) is 0 Å². The molecule has 0 aromatic heterocycles. The van der Waals surface area contributed by atoms with Crippen LogP contribution in [0.4, 0.5) is 10.1 Å². The van der Waals surface area contributed by atoms with E-state index in [0.29, 0.717) is 40.3 Å². The van der Waals surface area contributed by atoms with Gasteiger partial charge in [0.2, 0.25) is 0 Å². The number of rotatable bonds is 8. The smallest absolute Gasteiger partial charge is 0.180 e. The Morgan fingerprint density at radius 1 is 0.964 bits per heavy atom. The van der Waals surface area contributed by atoms with Crippen LogP contribution in [0, 0.1) is 5.82 Å². The minimum Gasteiger partial charge on any atom is -0.490 e. The lowest BCUT2D eigenvalue weighted by Gasteiger charge is -2.16. The number of nitrogens with one attached hydrogen (secondary N) is 1. The SMILES string of the molecule is CCOc1cc(CNc2ccc(Cl)cc2)cc(Cl)c1OCc1ccccc1F. The molecule has 0 saturated carbocycles. The van der Waals surface area contributed by atoms with E-state index in [4.69, 9.17) is 32.7 Å². The van der Waals surface area contributed by atoms with Gasteiger partial charge in [-0.15, -0.1) is 0 Å². The minimum absolute atomic E-state index is 0.0643. The Hall–Kier alpha value is -2.43. The highest BCUT2D eigenvalue weighted by Crippen LogP contribution is 2.37. The lowest BCUT2D eigenvalue weighted by molar-refractivity contribution is 0.266. The molecular weight excluding hydrogens is 400 g/mol. The normalized spacial score (nSPS) is 10.6. The number of hydrogen-bond donors (Lipinski definition) is 1. The van der Waals surface area contributed by atoms with Gasteiger partial charge >= 0.3 is 0 Å². The van der Waals surface area contributed by atoms with Gasteiger partial charge in [0.15, 0.2) is 11.5 Å². The van der Waals surface area contributed by atoms with Gasteiger partial charge in [-0.05, 0) is 55.0 Å². The van der Waals surface area contributed by atoms with Gasteiger partial charge < -0.3 is 14.8 Å². The molecule has 0 heterocycles. The molecule has 0 aliphatic heterocycles. The van der Waals surface area contributed by atoms with E-state index in [0.717, 1.165) is 11.3 Å². The van der Waals surface area contributed by atoms with Crippen LogP contribution in [0.25, 0.3) is 0 Å². The average Bonchev–Trinajstić information content (AvgIpc) is 2.68. The number of ether oxygens (including phenoxy) is 2. The largest absolute Gasteiger partial charge is 0.490 e. The van der Waals surface area contributed by atoms with E-state index in [-0.39, 0.29) is 12.4 Å². The second kappa shape index (κ2) is 9.67. The Kier molecular flexibility index (Phi) is 7.01. The van der Waals surface area contributed by atoms with Crippen molar-refractivity contribution in [1.29, 1.82) is 0 Å². The van der Waals surface area contributed by atoms with Crippen molar-refractivity contribution in [2.24, 2.45) is 0 Å². The number of halogens is 3. The predicted octanol–water partition coefficient (Wildman–Crippen LogP) is 6.72. The summed E-state index contributed by atoms with van der Waals surface area (Å²) in [6.45, 7) is 2.96. The Morgan fingerprint density at radius 2 is 1.71 bits per heavy atom. The maximum absolute atomic E-state index is 13.8. The summed E-state index contributed by atoms with van der Waals surface area (Å²) in [6.07, 6.45) is 0. The first-order valence-corrected chi connectivity index (χ1v) is 9.63. The van der Waals surface area contributed by atoms with Gasteiger partial charge in [0.05, 0.1) is 11.6 Å². The summed E-state index contributed by atoms with van der Waals surface area (Å²) >= 11 is 12.3. The minimum atomic E-state index is -0.319. The molecular formula is C22H20Cl2FNO2. The van der Waals surface area contributed by atoms with E-state index in [1.165, 1.54) is 6.07 Å². The Morgan fingerprint density at radius 3 is 2.43 bits per heavy atom. The molecule has 28 heavy (non-hydrogen) atoms. The topological polar surface area (TPSA) is 30.5 Å². The fraction of sp³-hybridized carbons (Fsp3) is 0.182. The van der Waals surface area contributed by atoms with E-state index < -0.39 is 0 Å². The summed E-state index contributed by atoms with van der Waals surface area (Å²) in [7, 11) is 0. The number of anilines is 1. The average molecular weight is 420 g/mol. The molecule has 3 aromatic carbocycles. The van der Waals surface area contributed by atoms with Gasteiger partial charge in [-0.3, -0.25) is 0 Å². The number of hydrogen-bond acceptors (Lipinski definition) is 3. The molecule has 0 aliphatic carbocycles. The van der Waals surface area contributed by atoms with Crippen LogP contribution >= 0.6 is 23.2 Å². The highest BCUT2D eigenvalue weighted by atomic mass is 35.5. The van der Waals surface area contributed by atoms with Gasteiger partial charge in [-0.1, -0.05) is 41.4 Å². The van der Waals surface area contributed by atoms with Crippen LogP contribution in [0.3, 0.4) is 0 Å². The quantitative estimate of drug-likeness (QED) is 0.439. The first kappa shape index (κ1) is 20.3. The zero-order chi connectivity index (χ0) is 19.9. The van der Waals surface area contributed by atoms with Crippen molar-refractivity contribution >= 4 is 28.9 Å².